The number of rotatable bonds is 4. The van der Waals surface area contributed by atoms with E-state index in [2.05, 4.69) is 10.5 Å². The Bertz CT molecular complexity index is 696. The number of benzene rings is 2. The van der Waals surface area contributed by atoms with Crippen LogP contribution in [-0.4, -0.2) is 22.2 Å². The Labute approximate surface area is 119 Å². The molecule has 21 heavy (non-hydrogen) atoms. The molecule has 2 N–H and O–H groups in total. The van der Waals surface area contributed by atoms with Crippen molar-refractivity contribution in [2.45, 2.75) is 0 Å². The van der Waals surface area contributed by atoms with E-state index >= 15 is 0 Å². The molecule has 0 saturated heterocycles. The molecule has 0 aliphatic rings. The second kappa shape index (κ2) is 6.29. The minimum atomic E-state index is -0.544. The van der Waals surface area contributed by atoms with Crippen molar-refractivity contribution in [1.82, 2.24) is 5.43 Å². The number of nitrogens with zero attached hydrogens (tertiary/aromatic N) is 2. The van der Waals surface area contributed by atoms with Crippen molar-refractivity contribution in [3.05, 3.63) is 69.8 Å². The van der Waals surface area contributed by atoms with Gasteiger partial charge in [-0.05, 0) is 24.3 Å². The summed E-state index contributed by atoms with van der Waals surface area (Å²) in [5.74, 6) is -0.456. The third-order valence-electron chi connectivity index (χ3n) is 2.65. The third kappa shape index (κ3) is 3.63. The smallest absolute Gasteiger partial charge is 0.271 e. The molecule has 7 nitrogen and oxygen atoms in total. The zero-order valence-corrected chi connectivity index (χ0v) is 10.8. The molecule has 0 unspecified atom stereocenters. The van der Waals surface area contributed by atoms with Gasteiger partial charge < -0.3 is 5.11 Å². The summed E-state index contributed by atoms with van der Waals surface area (Å²) in [6.07, 6.45) is 1.30. The van der Waals surface area contributed by atoms with E-state index in [-0.39, 0.29) is 17.0 Å². The second-order valence-electron chi connectivity index (χ2n) is 4.06. The molecule has 2 rings (SSSR count). The molecule has 0 aromatic heterocycles. The van der Waals surface area contributed by atoms with Crippen molar-refractivity contribution < 1.29 is 14.8 Å². The third-order valence-corrected chi connectivity index (χ3v) is 2.65. The van der Waals surface area contributed by atoms with Crippen molar-refractivity contribution >= 4 is 17.8 Å². The maximum absolute atomic E-state index is 11.7. The quantitative estimate of drug-likeness (QED) is 0.509. The highest BCUT2D eigenvalue weighted by Gasteiger charge is 2.08. The zero-order valence-electron chi connectivity index (χ0n) is 10.8. The van der Waals surface area contributed by atoms with E-state index in [0.717, 1.165) is 0 Å². The molecule has 0 heterocycles. The van der Waals surface area contributed by atoms with Gasteiger partial charge in [-0.15, -0.1) is 0 Å². The summed E-state index contributed by atoms with van der Waals surface area (Å²) in [5, 5.41) is 23.7. The summed E-state index contributed by atoms with van der Waals surface area (Å²) < 4.78 is 0. The first kappa shape index (κ1) is 14.2. The summed E-state index contributed by atoms with van der Waals surface area (Å²) in [4.78, 5) is 21.7. The number of non-ortho nitro benzene ring substituents is 1. The summed E-state index contributed by atoms with van der Waals surface area (Å²) in [7, 11) is 0. The van der Waals surface area contributed by atoms with Gasteiger partial charge in [0.05, 0.1) is 11.1 Å². The minimum absolute atomic E-state index is 0.0471. The van der Waals surface area contributed by atoms with Crippen LogP contribution in [0, 0.1) is 10.1 Å². The zero-order chi connectivity index (χ0) is 15.2. The molecule has 2 aromatic rings. The fraction of sp³-hybridized carbons (Fsp3) is 0. The number of amides is 1. The number of phenols is 1. The molecule has 0 bridgehead atoms. The molecule has 0 atom stereocenters. The number of phenolic OH excluding ortho intramolecular Hbond substituents is 1. The SMILES string of the molecule is O=C(N/N=C\c1ccccc1O)c1ccc([N+](=O)[O-])cc1. The Hall–Kier alpha value is -3.22. The van der Waals surface area contributed by atoms with E-state index in [4.69, 9.17) is 0 Å². The van der Waals surface area contributed by atoms with Crippen LogP contribution in [0.3, 0.4) is 0 Å². The summed E-state index contributed by atoms with van der Waals surface area (Å²) in [6.45, 7) is 0. The first-order chi connectivity index (χ1) is 10.1. The number of para-hydroxylation sites is 1. The standard InChI is InChI=1S/C14H11N3O4/c18-13-4-2-1-3-11(13)9-15-16-14(19)10-5-7-12(8-6-10)17(20)21/h1-9,18H,(H,16,19)/b15-9-. The number of aromatic hydroxyl groups is 1. The number of carbonyl (C=O) groups is 1. The van der Waals surface area contributed by atoms with Crippen LogP contribution in [0.15, 0.2) is 53.6 Å². The normalized spacial score (nSPS) is 10.5. The molecule has 0 aliphatic carbocycles. The van der Waals surface area contributed by atoms with E-state index in [9.17, 15) is 20.0 Å². The Morgan fingerprint density at radius 1 is 1.19 bits per heavy atom. The molecule has 0 fully saturated rings. The van der Waals surface area contributed by atoms with Crippen LogP contribution in [-0.2, 0) is 0 Å². The van der Waals surface area contributed by atoms with E-state index < -0.39 is 10.8 Å². The van der Waals surface area contributed by atoms with Gasteiger partial charge in [0.25, 0.3) is 11.6 Å². The Morgan fingerprint density at radius 2 is 1.86 bits per heavy atom. The number of carbonyl (C=O) groups excluding carboxylic acids is 1. The van der Waals surface area contributed by atoms with Gasteiger partial charge in [0.15, 0.2) is 0 Å². The van der Waals surface area contributed by atoms with Gasteiger partial charge in [0.2, 0.25) is 0 Å². The average molecular weight is 285 g/mol. The number of nitrogens with one attached hydrogen (secondary N) is 1. The van der Waals surface area contributed by atoms with Gasteiger partial charge in [0.1, 0.15) is 5.75 Å². The Balaban J connectivity index is 2.02. The molecule has 0 aliphatic heterocycles. The van der Waals surface area contributed by atoms with Crippen LogP contribution in [0.25, 0.3) is 0 Å². The largest absolute Gasteiger partial charge is 0.507 e. The highest BCUT2D eigenvalue weighted by atomic mass is 16.6. The Morgan fingerprint density at radius 3 is 2.48 bits per heavy atom. The first-order valence-electron chi connectivity index (χ1n) is 5.94. The molecule has 0 radical (unpaired) electrons. The van der Waals surface area contributed by atoms with Crippen LogP contribution >= 0.6 is 0 Å². The van der Waals surface area contributed by atoms with E-state index in [0.29, 0.717) is 5.56 Å². The highest BCUT2D eigenvalue weighted by Crippen LogP contribution is 2.13. The van der Waals surface area contributed by atoms with Crippen molar-refractivity contribution in [2.75, 3.05) is 0 Å². The molecule has 0 spiro atoms. The van der Waals surface area contributed by atoms with Gasteiger partial charge in [-0.1, -0.05) is 12.1 Å². The number of hydrogen-bond acceptors (Lipinski definition) is 5. The number of nitro benzene ring substituents is 1. The van der Waals surface area contributed by atoms with Crippen LogP contribution < -0.4 is 5.43 Å². The van der Waals surface area contributed by atoms with Gasteiger partial charge in [-0.25, -0.2) is 5.43 Å². The van der Waals surface area contributed by atoms with Crippen molar-refractivity contribution in [1.29, 1.82) is 0 Å². The van der Waals surface area contributed by atoms with Crippen LogP contribution in [0.1, 0.15) is 15.9 Å². The van der Waals surface area contributed by atoms with Gasteiger partial charge in [-0.2, -0.15) is 5.10 Å². The summed E-state index contributed by atoms with van der Waals surface area (Å²) in [5.41, 5.74) is 2.88. The van der Waals surface area contributed by atoms with Gasteiger partial charge in [-0.3, -0.25) is 14.9 Å². The van der Waals surface area contributed by atoms with Crippen molar-refractivity contribution in [2.24, 2.45) is 5.10 Å². The maximum atomic E-state index is 11.7. The maximum Gasteiger partial charge on any atom is 0.271 e. The molecule has 2 aromatic carbocycles. The van der Waals surface area contributed by atoms with Crippen molar-refractivity contribution in [3.8, 4) is 5.75 Å². The topological polar surface area (TPSA) is 105 Å². The molecule has 7 heteroatoms. The lowest BCUT2D eigenvalue weighted by Gasteiger charge is -2.00. The van der Waals surface area contributed by atoms with Crippen LogP contribution in [0.2, 0.25) is 0 Å². The van der Waals surface area contributed by atoms with Crippen LogP contribution in [0.4, 0.5) is 5.69 Å². The first-order valence-corrected chi connectivity index (χ1v) is 5.94. The Kier molecular flexibility index (Phi) is 4.25. The fourth-order valence-electron chi connectivity index (χ4n) is 1.56. The fourth-order valence-corrected chi connectivity index (χ4v) is 1.56. The summed E-state index contributed by atoms with van der Waals surface area (Å²) >= 11 is 0. The average Bonchev–Trinajstić information content (AvgIpc) is 2.49. The van der Waals surface area contributed by atoms with E-state index in [1.807, 2.05) is 0 Å². The number of hydrazone groups is 1. The lowest BCUT2D eigenvalue weighted by Crippen LogP contribution is -2.17. The van der Waals surface area contributed by atoms with Gasteiger partial charge >= 0.3 is 0 Å². The molecule has 106 valence electrons. The molecule has 0 saturated carbocycles. The minimum Gasteiger partial charge on any atom is -0.507 e. The monoisotopic (exact) mass is 285 g/mol. The summed E-state index contributed by atoms with van der Waals surface area (Å²) in [6, 6.07) is 11.7. The predicted molar refractivity (Wildman–Crippen MR) is 76.3 cm³/mol. The number of nitro groups is 1. The lowest BCUT2D eigenvalue weighted by molar-refractivity contribution is -0.384. The second-order valence-corrected chi connectivity index (χ2v) is 4.06. The van der Waals surface area contributed by atoms with Crippen LogP contribution in [0.5, 0.6) is 5.75 Å². The van der Waals surface area contributed by atoms with Gasteiger partial charge in [0, 0.05) is 23.3 Å². The highest BCUT2D eigenvalue weighted by molar-refractivity contribution is 5.95. The number of hydrogen-bond donors (Lipinski definition) is 2. The molecule has 1 amide bonds. The lowest BCUT2D eigenvalue weighted by atomic mass is 10.2. The van der Waals surface area contributed by atoms with E-state index in [1.54, 1.807) is 18.2 Å². The predicted octanol–water partition coefficient (Wildman–Crippen LogP) is 2.06. The molecular formula is C14H11N3O4. The van der Waals surface area contributed by atoms with Crippen molar-refractivity contribution in [3.63, 3.8) is 0 Å². The van der Waals surface area contributed by atoms with E-state index in [1.165, 1.54) is 36.5 Å². The molecular weight excluding hydrogens is 274 g/mol.